The Morgan fingerprint density at radius 2 is 2.00 bits per heavy atom. The Balaban J connectivity index is 4.03. The van der Waals surface area contributed by atoms with Crippen molar-refractivity contribution in [3.05, 3.63) is 0 Å². The Bertz CT molecular complexity index is 125. The summed E-state index contributed by atoms with van der Waals surface area (Å²) in [5, 5.41) is 9.76. The van der Waals surface area contributed by atoms with Crippen LogP contribution in [-0.2, 0) is 14.2 Å². The summed E-state index contributed by atoms with van der Waals surface area (Å²) >= 11 is 0. The van der Waals surface area contributed by atoms with E-state index in [-0.39, 0.29) is 0 Å². The van der Waals surface area contributed by atoms with Crippen LogP contribution in [0.3, 0.4) is 0 Å². The maximum atomic E-state index is 9.76. The van der Waals surface area contributed by atoms with Crippen LogP contribution >= 0.6 is 0 Å². The van der Waals surface area contributed by atoms with Gasteiger partial charge < -0.3 is 19.3 Å². The highest BCUT2D eigenvalue weighted by atomic mass is 16.7. The van der Waals surface area contributed by atoms with E-state index in [2.05, 4.69) is 0 Å². The van der Waals surface area contributed by atoms with Gasteiger partial charge in [0.25, 0.3) is 0 Å². The normalized spacial score (nSPS) is 18.2. The first-order chi connectivity index (χ1) is 6.08. The molecule has 0 aromatic heterocycles. The molecule has 2 unspecified atom stereocenters. The third kappa shape index (κ3) is 4.57. The fourth-order valence-corrected chi connectivity index (χ4v) is 0.969. The summed E-state index contributed by atoms with van der Waals surface area (Å²) in [7, 11) is 1.48. The summed E-state index contributed by atoms with van der Waals surface area (Å²) in [4.78, 5) is 0. The van der Waals surface area contributed by atoms with Crippen molar-refractivity contribution in [1.29, 1.82) is 0 Å². The van der Waals surface area contributed by atoms with Crippen molar-refractivity contribution >= 4 is 0 Å². The zero-order valence-corrected chi connectivity index (χ0v) is 8.87. The molecule has 0 amide bonds. The topological polar surface area (TPSA) is 47.9 Å². The predicted octanol–water partition coefficient (Wildman–Crippen LogP) is 1.13. The van der Waals surface area contributed by atoms with Gasteiger partial charge in [0.05, 0.1) is 0 Å². The molecule has 0 spiro atoms. The molecule has 0 bridgehead atoms. The molecule has 4 nitrogen and oxygen atoms in total. The highest BCUT2D eigenvalue weighted by Crippen LogP contribution is 2.16. The van der Waals surface area contributed by atoms with Gasteiger partial charge in [0.15, 0.2) is 0 Å². The summed E-state index contributed by atoms with van der Waals surface area (Å²) in [5.41, 5.74) is 0. The minimum atomic E-state index is -1.37. The molecule has 1 N–H and O–H groups in total. The second-order valence-corrected chi connectivity index (χ2v) is 2.93. The second kappa shape index (κ2) is 6.32. The predicted molar refractivity (Wildman–Crippen MR) is 49.3 cm³/mol. The van der Waals surface area contributed by atoms with E-state index in [1.54, 1.807) is 0 Å². The van der Waals surface area contributed by atoms with Crippen molar-refractivity contribution < 1.29 is 19.3 Å². The molecule has 0 rings (SSSR count). The molecule has 80 valence electrons. The number of hydrogen-bond donors (Lipinski definition) is 1. The van der Waals surface area contributed by atoms with Crippen LogP contribution in [0.5, 0.6) is 0 Å². The third-order valence-corrected chi connectivity index (χ3v) is 1.57. The lowest BCUT2D eigenvalue weighted by molar-refractivity contribution is -0.321. The van der Waals surface area contributed by atoms with Crippen LogP contribution in [0.2, 0.25) is 0 Å². The van der Waals surface area contributed by atoms with Crippen LogP contribution in [-0.4, -0.2) is 37.5 Å². The Labute approximate surface area is 79.8 Å². The van der Waals surface area contributed by atoms with E-state index in [0.29, 0.717) is 13.2 Å². The summed E-state index contributed by atoms with van der Waals surface area (Å²) < 4.78 is 15.3. The molecule has 0 saturated heterocycles. The van der Waals surface area contributed by atoms with E-state index in [9.17, 15) is 5.11 Å². The number of rotatable bonds is 7. The lowest BCUT2D eigenvalue weighted by Gasteiger charge is -2.30. The summed E-state index contributed by atoms with van der Waals surface area (Å²) in [6.07, 6.45) is 0.114. The van der Waals surface area contributed by atoms with Gasteiger partial charge in [0.1, 0.15) is 0 Å². The standard InChI is InChI=1S/C9H20O4/c1-5-7-13-9(3,10)8(11-4)12-6-2/h8,10H,5-7H2,1-4H3. The van der Waals surface area contributed by atoms with Crippen molar-refractivity contribution in [3.8, 4) is 0 Å². The van der Waals surface area contributed by atoms with Gasteiger partial charge in [0, 0.05) is 20.3 Å². The molecule has 0 fully saturated rings. The van der Waals surface area contributed by atoms with Crippen LogP contribution in [0.25, 0.3) is 0 Å². The number of hydrogen-bond acceptors (Lipinski definition) is 4. The number of aliphatic hydroxyl groups is 1. The summed E-state index contributed by atoms with van der Waals surface area (Å²) in [6, 6.07) is 0. The molecule has 0 saturated carbocycles. The average molecular weight is 192 g/mol. The van der Waals surface area contributed by atoms with Gasteiger partial charge in [0.2, 0.25) is 12.1 Å². The number of ether oxygens (including phenoxy) is 3. The monoisotopic (exact) mass is 192 g/mol. The molecule has 0 aromatic rings. The smallest absolute Gasteiger partial charge is 0.215 e. The van der Waals surface area contributed by atoms with Crippen LogP contribution in [0, 0.1) is 0 Å². The molecule has 0 aliphatic carbocycles. The molecule has 0 aliphatic heterocycles. The summed E-state index contributed by atoms with van der Waals surface area (Å²) in [6.45, 7) is 6.30. The Hall–Kier alpha value is -0.160. The molecule has 13 heavy (non-hydrogen) atoms. The van der Waals surface area contributed by atoms with Gasteiger partial charge in [-0.25, -0.2) is 0 Å². The Kier molecular flexibility index (Phi) is 6.24. The van der Waals surface area contributed by atoms with Crippen LogP contribution < -0.4 is 0 Å². The maximum Gasteiger partial charge on any atom is 0.215 e. The lowest BCUT2D eigenvalue weighted by atomic mass is 10.3. The van der Waals surface area contributed by atoms with E-state index in [4.69, 9.17) is 14.2 Å². The minimum absolute atomic E-state index is 0.476. The Morgan fingerprint density at radius 3 is 2.38 bits per heavy atom. The fourth-order valence-electron chi connectivity index (χ4n) is 0.969. The molecule has 0 aliphatic rings. The molecule has 0 aromatic carbocycles. The zero-order valence-electron chi connectivity index (χ0n) is 8.87. The van der Waals surface area contributed by atoms with E-state index in [1.807, 2.05) is 13.8 Å². The zero-order chi connectivity index (χ0) is 10.3. The SMILES string of the molecule is CCCOC(C)(O)C(OC)OCC. The lowest BCUT2D eigenvalue weighted by Crippen LogP contribution is -2.45. The fraction of sp³-hybridized carbons (Fsp3) is 1.00. The van der Waals surface area contributed by atoms with Crippen molar-refractivity contribution in [3.63, 3.8) is 0 Å². The van der Waals surface area contributed by atoms with Crippen molar-refractivity contribution in [2.24, 2.45) is 0 Å². The average Bonchev–Trinajstić information content (AvgIpc) is 2.10. The van der Waals surface area contributed by atoms with Crippen molar-refractivity contribution in [1.82, 2.24) is 0 Å². The highest BCUT2D eigenvalue weighted by Gasteiger charge is 2.33. The maximum absolute atomic E-state index is 9.76. The minimum Gasteiger partial charge on any atom is -0.362 e. The van der Waals surface area contributed by atoms with Gasteiger partial charge in [-0.3, -0.25) is 0 Å². The van der Waals surface area contributed by atoms with Gasteiger partial charge in [-0.05, 0) is 20.3 Å². The van der Waals surface area contributed by atoms with Crippen LogP contribution in [0.4, 0.5) is 0 Å². The second-order valence-electron chi connectivity index (χ2n) is 2.93. The molecule has 0 heterocycles. The van der Waals surface area contributed by atoms with Crippen LogP contribution in [0.1, 0.15) is 27.2 Å². The molecular formula is C9H20O4. The van der Waals surface area contributed by atoms with Gasteiger partial charge in [-0.2, -0.15) is 0 Å². The van der Waals surface area contributed by atoms with Gasteiger partial charge >= 0.3 is 0 Å². The van der Waals surface area contributed by atoms with E-state index < -0.39 is 12.1 Å². The largest absolute Gasteiger partial charge is 0.362 e. The van der Waals surface area contributed by atoms with Gasteiger partial charge in [-0.1, -0.05) is 6.92 Å². The molecular weight excluding hydrogens is 172 g/mol. The first-order valence-corrected chi connectivity index (χ1v) is 4.59. The number of methoxy groups -OCH3 is 1. The van der Waals surface area contributed by atoms with Gasteiger partial charge in [-0.15, -0.1) is 0 Å². The Morgan fingerprint density at radius 1 is 1.38 bits per heavy atom. The molecule has 0 radical (unpaired) electrons. The summed E-state index contributed by atoms with van der Waals surface area (Å²) in [5.74, 6) is -1.37. The van der Waals surface area contributed by atoms with E-state index in [1.165, 1.54) is 14.0 Å². The molecule has 2 atom stereocenters. The van der Waals surface area contributed by atoms with Crippen molar-refractivity contribution in [2.45, 2.75) is 39.3 Å². The quantitative estimate of drug-likeness (QED) is 0.614. The van der Waals surface area contributed by atoms with E-state index >= 15 is 0 Å². The highest BCUT2D eigenvalue weighted by molar-refractivity contribution is 4.64. The van der Waals surface area contributed by atoms with Crippen molar-refractivity contribution in [2.75, 3.05) is 20.3 Å². The first-order valence-electron chi connectivity index (χ1n) is 4.59. The third-order valence-electron chi connectivity index (χ3n) is 1.57. The van der Waals surface area contributed by atoms with E-state index in [0.717, 1.165) is 6.42 Å². The molecule has 4 heteroatoms. The van der Waals surface area contributed by atoms with Crippen LogP contribution in [0.15, 0.2) is 0 Å². The first kappa shape index (κ1) is 12.8.